The number of hydrogen-bond donors (Lipinski definition) is 2. The molecule has 0 saturated carbocycles. The van der Waals surface area contributed by atoms with E-state index in [1.807, 2.05) is 37.3 Å². The number of carbonyl (C=O) groups excluding carboxylic acids is 1. The first-order valence-electron chi connectivity index (χ1n) is 6.35. The molecule has 0 fully saturated rings. The highest BCUT2D eigenvalue weighted by atomic mass is 16.5. The Bertz CT molecular complexity index is 623. The van der Waals surface area contributed by atoms with E-state index in [4.69, 9.17) is 9.84 Å². The molecule has 0 aliphatic rings. The zero-order chi connectivity index (χ0) is 14.5. The van der Waals surface area contributed by atoms with E-state index in [9.17, 15) is 4.79 Å². The molecule has 0 radical (unpaired) electrons. The van der Waals surface area contributed by atoms with Gasteiger partial charge in [0.2, 0.25) is 5.91 Å². The van der Waals surface area contributed by atoms with E-state index in [0.717, 1.165) is 11.1 Å². The Hall–Kier alpha value is -2.33. The molecular formula is C16H17NO3. The highest BCUT2D eigenvalue weighted by molar-refractivity contribution is 5.90. The van der Waals surface area contributed by atoms with Crippen molar-refractivity contribution < 1.29 is 14.6 Å². The molecule has 0 atom stereocenters. The summed E-state index contributed by atoms with van der Waals surface area (Å²) in [4.78, 5) is 11.2. The fraction of sp³-hybridized carbons (Fsp3) is 0.188. The van der Waals surface area contributed by atoms with Gasteiger partial charge in [-0.1, -0.05) is 24.3 Å². The first kappa shape index (κ1) is 14.1. The number of aliphatic hydroxyl groups excluding tert-OH is 1. The van der Waals surface area contributed by atoms with Crippen molar-refractivity contribution in [1.29, 1.82) is 0 Å². The van der Waals surface area contributed by atoms with Crippen molar-refractivity contribution in [2.45, 2.75) is 20.5 Å². The number of amides is 1. The number of ether oxygens (including phenoxy) is 1. The Balaban J connectivity index is 2.28. The molecule has 4 nitrogen and oxygen atoms in total. The van der Waals surface area contributed by atoms with E-state index in [1.165, 1.54) is 6.92 Å². The molecule has 1 amide bonds. The van der Waals surface area contributed by atoms with Gasteiger partial charge in [0.15, 0.2) is 5.75 Å². The molecule has 2 aromatic rings. The first-order chi connectivity index (χ1) is 9.60. The van der Waals surface area contributed by atoms with E-state index >= 15 is 0 Å². The Morgan fingerprint density at radius 3 is 2.60 bits per heavy atom. The molecule has 0 heterocycles. The molecule has 2 rings (SSSR count). The van der Waals surface area contributed by atoms with E-state index < -0.39 is 0 Å². The van der Waals surface area contributed by atoms with Crippen LogP contribution in [0.25, 0.3) is 0 Å². The van der Waals surface area contributed by atoms with Crippen molar-refractivity contribution in [2.24, 2.45) is 0 Å². The maximum Gasteiger partial charge on any atom is 0.221 e. The van der Waals surface area contributed by atoms with Crippen LogP contribution in [0.5, 0.6) is 11.5 Å². The Morgan fingerprint density at radius 1 is 1.20 bits per heavy atom. The molecule has 0 bridgehead atoms. The topological polar surface area (TPSA) is 58.6 Å². The molecular weight excluding hydrogens is 254 g/mol. The van der Waals surface area contributed by atoms with Gasteiger partial charge in [0, 0.05) is 6.92 Å². The molecule has 0 unspecified atom stereocenters. The Kier molecular flexibility index (Phi) is 4.38. The number of para-hydroxylation sites is 2. The summed E-state index contributed by atoms with van der Waals surface area (Å²) >= 11 is 0. The van der Waals surface area contributed by atoms with Crippen LogP contribution >= 0.6 is 0 Å². The maximum atomic E-state index is 11.2. The monoisotopic (exact) mass is 271 g/mol. The van der Waals surface area contributed by atoms with Crippen LogP contribution in [0.2, 0.25) is 0 Å². The zero-order valence-electron chi connectivity index (χ0n) is 11.5. The van der Waals surface area contributed by atoms with Crippen LogP contribution < -0.4 is 10.1 Å². The van der Waals surface area contributed by atoms with Crippen molar-refractivity contribution in [1.82, 2.24) is 0 Å². The molecule has 2 N–H and O–H groups in total. The predicted octanol–water partition coefficient (Wildman–Crippen LogP) is 3.24. The molecule has 0 aliphatic carbocycles. The predicted molar refractivity (Wildman–Crippen MR) is 77.9 cm³/mol. The lowest BCUT2D eigenvalue weighted by molar-refractivity contribution is -0.114. The SMILES string of the molecule is CC(=O)Nc1ccccc1Oc1ccc(CO)cc1C. The molecule has 104 valence electrons. The minimum absolute atomic E-state index is 0.00357. The van der Waals surface area contributed by atoms with Crippen molar-refractivity contribution in [3.05, 3.63) is 53.6 Å². The van der Waals surface area contributed by atoms with Gasteiger partial charge in [-0.15, -0.1) is 0 Å². The van der Waals surface area contributed by atoms with Crippen LogP contribution in [-0.4, -0.2) is 11.0 Å². The maximum absolute atomic E-state index is 11.2. The summed E-state index contributed by atoms with van der Waals surface area (Å²) in [6, 6.07) is 12.8. The quantitative estimate of drug-likeness (QED) is 0.897. The van der Waals surface area contributed by atoms with Crippen LogP contribution in [0.1, 0.15) is 18.1 Å². The second-order valence-corrected chi connectivity index (χ2v) is 4.54. The van der Waals surface area contributed by atoms with Crippen LogP contribution in [0, 0.1) is 6.92 Å². The third kappa shape index (κ3) is 3.36. The van der Waals surface area contributed by atoms with Gasteiger partial charge in [-0.2, -0.15) is 0 Å². The zero-order valence-corrected chi connectivity index (χ0v) is 11.5. The van der Waals surface area contributed by atoms with Crippen molar-refractivity contribution >= 4 is 11.6 Å². The second-order valence-electron chi connectivity index (χ2n) is 4.54. The molecule has 20 heavy (non-hydrogen) atoms. The summed E-state index contributed by atoms with van der Waals surface area (Å²) in [7, 11) is 0. The number of hydrogen-bond acceptors (Lipinski definition) is 3. The minimum atomic E-state index is -0.145. The number of rotatable bonds is 4. The number of aryl methyl sites for hydroxylation is 1. The fourth-order valence-electron chi connectivity index (χ4n) is 1.89. The van der Waals surface area contributed by atoms with Crippen LogP contribution in [-0.2, 0) is 11.4 Å². The standard InChI is InChI=1S/C16H17NO3/c1-11-9-13(10-18)7-8-15(11)20-16-6-4-3-5-14(16)17-12(2)19/h3-9,18H,10H2,1-2H3,(H,17,19). The normalized spacial score (nSPS) is 10.2. The third-order valence-corrected chi connectivity index (χ3v) is 2.84. The highest BCUT2D eigenvalue weighted by Crippen LogP contribution is 2.31. The lowest BCUT2D eigenvalue weighted by Gasteiger charge is -2.13. The van der Waals surface area contributed by atoms with E-state index in [2.05, 4.69) is 5.32 Å². The first-order valence-corrected chi connectivity index (χ1v) is 6.35. The molecule has 0 spiro atoms. The van der Waals surface area contributed by atoms with Gasteiger partial charge in [0.05, 0.1) is 12.3 Å². The van der Waals surface area contributed by atoms with Gasteiger partial charge in [-0.05, 0) is 36.2 Å². The van der Waals surface area contributed by atoms with Gasteiger partial charge < -0.3 is 15.2 Å². The van der Waals surface area contributed by atoms with Gasteiger partial charge in [0.25, 0.3) is 0 Å². The highest BCUT2D eigenvalue weighted by Gasteiger charge is 2.07. The van der Waals surface area contributed by atoms with Crippen LogP contribution in [0.15, 0.2) is 42.5 Å². The molecule has 0 aromatic heterocycles. The fourth-order valence-corrected chi connectivity index (χ4v) is 1.89. The van der Waals surface area contributed by atoms with Gasteiger partial charge >= 0.3 is 0 Å². The van der Waals surface area contributed by atoms with Crippen LogP contribution in [0.3, 0.4) is 0 Å². The smallest absolute Gasteiger partial charge is 0.221 e. The lowest BCUT2D eigenvalue weighted by Crippen LogP contribution is -2.06. The molecule has 0 aliphatic heterocycles. The van der Waals surface area contributed by atoms with Gasteiger partial charge in [0.1, 0.15) is 5.75 Å². The van der Waals surface area contributed by atoms with Crippen molar-refractivity contribution in [2.75, 3.05) is 5.32 Å². The largest absolute Gasteiger partial charge is 0.455 e. The lowest BCUT2D eigenvalue weighted by atomic mass is 10.1. The molecule has 4 heteroatoms. The summed E-state index contributed by atoms with van der Waals surface area (Å²) in [6.07, 6.45) is 0. The van der Waals surface area contributed by atoms with E-state index in [-0.39, 0.29) is 12.5 Å². The summed E-state index contributed by atoms with van der Waals surface area (Å²) in [5.74, 6) is 1.14. The summed E-state index contributed by atoms with van der Waals surface area (Å²) in [5, 5.41) is 11.8. The van der Waals surface area contributed by atoms with E-state index in [1.54, 1.807) is 12.1 Å². The third-order valence-electron chi connectivity index (χ3n) is 2.84. The average molecular weight is 271 g/mol. The number of nitrogens with one attached hydrogen (secondary N) is 1. The van der Waals surface area contributed by atoms with Gasteiger partial charge in [-0.3, -0.25) is 4.79 Å². The number of benzene rings is 2. The summed E-state index contributed by atoms with van der Waals surface area (Å²) in [5.41, 5.74) is 2.39. The number of anilines is 1. The number of aliphatic hydroxyl groups is 1. The second kappa shape index (κ2) is 6.21. The summed E-state index contributed by atoms with van der Waals surface area (Å²) in [6.45, 7) is 3.37. The van der Waals surface area contributed by atoms with Gasteiger partial charge in [-0.25, -0.2) is 0 Å². The van der Waals surface area contributed by atoms with Crippen molar-refractivity contribution in [3.8, 4) is 11.5 Å². The summed E-state index contributed by atoms with van der Waals surface area (Å²) < 4.78 is 5.84. The Morgan fingerprint density at radius 2 is 1.95 bits per heavy atom. The molecule has 0 saturated heterocycles. The van der Waals surface area contributed by atoms with Crippen molar-refractivity contribution in [3.63, 3.8) is 0 Å². The minimum Gasteiger partial charge on any atom is -0.455 e. The number of carbonyl (C=O) groups is 1. The van der Waals surface area contributed by atoms with E-state index in [0.29, 0.717) is 17.2 Å². The van der Waals surface area contributed by atoms with Crippen LogP contribution in [0.4, 0.5) is 5.69 Å². The Labute approximate surface area is 118 Å². The molecule has 2 aromatic carbocycles. The average Bonchev–Trinajstić information content (AvgIpc) is 2.42.